The van der Waals surface area contributed by atoms with Gasteiger partial charge in [0, 0.05) is 12.2 Å². The molecule has 0 aliphatic carbocycles. The van der Waals surface area contributed by atoms with Crippen LogP contribution in [0.15, 0.2) is 59.9 Å². The first kappa shape index (κ1) is 20.9. The molecule has 1 amide bonds. The van der Waals surface area contributed by atoms with E-state index in [2.05, 4.69) is 10.3 Å². The van der Waals surface area contributed by atoms with Crippen molar-refractivity contribution in [2.24, 2.45) is 0 Å². The summed E-state index contributed by atoms with van der Waals surface area (Å²) in [5.74, 6) is -0.767. The summed E-state index contributed by atoms with van der Waals surface area (Å²) in [5.41, 5.74) is 0.850. The van der Waals surface area contributed by atoms with Gasteiger partial charge in [-0.25, -0.2) is 9.37 Å². The highest BCUT2D eigenvalue weighted by Crippen LogP contribution is 2.29. The van der Waals surface area contributed by atoms with Gasteiger partial charge in [0.15, 0.2) is 5.16 Å². The lowest BCUT2D eigenvalue weighted by atomic mass is 10.1. The Morgan fingerprint density at radius 1 is 1.10 bits per heavy atom. The van der Waals surface area contributed by atoms with E-state index in [0.717, 1.165) is 12.1 Å². The molecule has 0 bridgehead atoms. The van der Waals surface area contributed by atoms with E-state index < -0.39 is 11.7 Å². The van der Waals surface area contributed by atoms with E-state index in [9.17, 15) is 22.4 Å². The molecule has 0 fully saturated rings. The topological polar surface area (TPSA) is 46.9 Å². The summed E-state index contributed by atoms with van der Waals surface area (Å²) in [6, 6.07) is 10.5. The van der Waals surface area contributed by atoms with Crippen molar-refractivity contribution in [2.75, 3.05) is 12.8 Å². The zero-order valence-electron chi connectivity index (χ0n) is 15.3. The molecular weight excluding hydrogens is 406 g/mol. The Balaban J connectivity index is 1.68. The Hall–Kier alpha value is -2.81. The van der Waals surface area contributed by atoms with Gasteiger partial charge >= 0.3 is 6.18 Å². The predicted molar refractivity (Wildman–Crippen MR) is 103 cm³/mol. The second-order valence-electron chi connectivity index (χ2n) is 6.14. The molecule has 0 saturated heterocycles. The van der Waals surface area contributed by atoms with Gasteiger partial charge in [-0.1, -0.05) is 23.9 Å². The van der Waals surface area contributed by atoms with Crippen molar-refractivity contribution in [3.8, 4) is 5.69 Å². The number of aromatic nitrogens is 2. The van der Waals surface area contributed by atoms with Crippen LogP contribution in [0.5, 0.6) is 0 Å². The van der Waals surface area contributed by atoms with Crippen LogP contribution in [0.2, 0.25) is 0 Å². The molecule has 0 radical (unpaired) electrons. The van der Waals surface area contributed by atoms with Crippen LogP contribution in [-0.2, 0) is 12.6 Å². The molecule has 9 heteroatoms. The number of benzene rings is 2. The summed E-state index contributed by atoms with van der Waals surface area (Å²) in [7, 11) is 0. The SMILES string of the molecule is CSc1ncc(C(=O)NCCc2ccc(C(F)(F)F)cc2)n1-c1ccc(F)cc1. The number of nitrogens with zero attached hydrogens (tertiary/aromatic N) is 2. The van der Waals surface area contributed by atoms with E-state index in [4.69, 9.17) is 0 Å². The fourth-order valence-corrected chi connectivity index (χ4v) is 3.29. The predicted octanol–water partition coefficient (Wildman–Crippen LogP) is 4.72. The molecule has 0 spiro atoms. The van der Waals surface area contributed by atoms with Crippen molar-refractivity contribution >= 4 is 17.7 Å². The Kier molecular flexibility index (Phi) is 6.26. The smallest absolute Gasteiger partial charge is 0.350 e. The van der Waals surface area contributed by atoms with Crippen molar-refractivity contribution in [3.63, 3.8) is 0 Å². The molecular formula is C20H17F4N3OS. The maximum Gasteiger partial charge on any atom is 0.416 e. The van der Waals surface area contributed by atoms with Crippen molar-refractivity contribution in [1.29, 1.82) is 0 Å². The first-order valence-electron chi connectivity index (χ1n) is 8.61. The Labute approximate surface area is 169 Å². The molecule has 0 unspecified atom stereocenters. The number of imidazole rings is 1. The third kappa shape index (κ3) is 4.97. The van der Waals surface area contributed by atoms with Crippen molar-refractivity contribution in [3.05, 3.63) is 77.4 Å². The van der Waals surface area contributed by atoms with Gasteiger partial charge in [0.05, 0.1) is 11.8 Å². The van der Waals surface area contributed by atoms with Crippen LogP contribution < -0.4 is 5.32 Å². The molecule has 4 nitrogen and oxygen atoms in total. The minimum absolute atomic E-state index is 0.243. The molecule has 1 aromatic heterocycles. The number of rotatable bonds is 6. The highest BCUT2D eigenvalue weighted by atomic mass is 32.2. The molecule has 0 aliphatic heterocycles. The first-order valence-corrected chi connectivity index (χ1v) is 9.84. The Morgan fingerprint density at radius 2 is 1.76 bits per heavy atom. The number of hydrogen-bond donors (Lipinski definition) is 1. The number of carbonyl (C=O) groups is 1. The van der Waals surface area contributed by atoms with Crippen molar-refractivity contribution < 1.29 is 22.4 Å². The van der Waals surface area contributed by atoms with Gasteiger partial charge in [-0.05, 0) is 54.6 Å². The number of carbonyl (C=O) groups excluding carboxylic acids is 1. The number of halogens is 4. The van der Waals surface area contributed by atoms with E-state index >= 15 is 0 Å². The Morgan fingerprint density at radius 3 is 2.34 bits per heavy atom. The normalized spacial score (nSPS) is 11.5. The number of nitrogens with one attached hydrogen (secondary N) is 1. The summed E-state index contributed by atoms with van der Waals surface area (Å²) >= 11 is 1.34. The van der Waals surface area contributed by atoms with Crippen LogP contribution in [0, 0.1) is 5.82 Å². The van der Waals surface area contributed by atoms with Crippen LogP contribution >= 0.6 is 11.8 Å². The fraction of sp³-hybridized carbons (Fsp3) is 0.200. The average Bonchev–Trinajstić information content (AvgIpc) is 3.12. The minimum Gasteiger partial charge on any atom is -0.350 e. The molecule has 152 valence electrons. The third-order valence-corrected chi connectivity index (χ3v) is 4.86. The van der Waals surface area contributed by atoms with Gasteiger partial charge in [0.25, 0.3) is 5.91 Å². The van der Waals surface area contributed by atoms with Gasteiger partial charge in [-0.2, -0.15) is 13.2 Å². The maximum absolute atomic E-state index is 13.2. The van der Waals surface area contributed by atoms with E-state index in [1.54, 1.807) is 16.7 Å². The van der Waals surface area contributed by atoms with Gasteiger partial charge < -0.3 is 5.32 Å². The fourth-order valence-electron chi connectivity index (χ4n) is 2.75. The van der Waals surface area contributed by atoms with Gasteiger partial charge in [0.1, 0.15) is 11.5 Å². The first-order chi connectivity index (χ1) is 13.8. The van der Waals surface area contributed by atoms with Crippen LogP contribution in [-0.4, -0.2) is 28.3 Å². The second-order valence-corrected chi connectivity index (χ2v) is 6.92. The molecule has 1 heterocycles. The quantitative estimate of drug-likeness (QED) is 0.461. The van der Waals surface area contributed by atoms with Crippen LogP contribution in [0.25, 0.3) is 5.69 Å². The van der Waals surface area contributed by atoms with Crippen LogP contribution in [0.1, 0.15) is 21.6 Å². The highest BCUT2D eigenvalue weighted by Gasteiger charge is 2.29. The minimum atomic E-state index is -4.37. The summed E-state index contributed by atoms with van der Waals surface area (Å²) < 4.78 is 52.7. The zero-order valence-corrected chi connectivity index (χ0v) is 16.1. The number of amides is 1. The molecule has 0 atom stereocenters. The van der Waals surface area contributed by atoms with Gasteiger partial charge in [-0.3, -0.25) is 9.36 Å². The molecule has 3 rings (SSSR count). The summed E-state index contributed by atoms with van der Waals surface area (Å²) in [6.45, 7) is 0.243. The third-order valence-electron chi connectivity index (χ3n) is 4.21. The lowest BCUT2D eigenvalue weighted by molar-refractivity contribution is -0.137. The lowest BCUT2D eigenvalue weighted by Gasteiger charge is -2.11. The molecule has 29 heavy (non-hydrogen) atoms. The molecule has 1 N–H and O–H groups in total. The van der Waals surface area contributed by atoms with Crippen molar-refractivity contribution in [2.45, 2.75) is 17.8 Å². The maximum atomic E-state index is 13.2. The van der Waals surface area contributed by atoms with E-state index in [1.165, 1.54) is 42.2 Å². The monoisotopic (exact) mass is 423 g/mol. The number of alkyl halides is 3. The lowest BCUT2D eigenvalue weighted by Crippen LogP contribution is -2.27. The van der Waals surface area contributed by atoms with Crippen LogP contribution in [0.4, 0.5) is 17.6 Å². The summed E-state index contributed by atoms with van der Waals surface area (Å²) in [5, 5.41) is 3.32. The molecule has 2 aromatic carbocycles. The number of thioether (sulfide) groups is 1. The zero-order chi connectivity index (χ0) is 21.0. The van der Waals surface area contributed by atoms with E-state index in [-0.39, 0.29) is 24.0 Å². The molecule has 3 aromatic rings. The molecule has 0 saturated carbocycles. The van der Waals surface area contributed by atoms with E-state index in [1.807, 2.05) is 6.26 Å². The summed E-state index contributed by atoms with van der Waals surface area (Å²) in [4.78, 5) is 16.8. The second kappa shape index (κ2) is 8.69. The van der Waals surface area contributed by atoms with Crippen molar-refractivity contribution in [1.82, 2.24) is 14.9 Å². The molecule has 0 aliphatic rings. The summed E-state index contributed by atoms with van der Waals surface area (Å²) in [6.07, 6.45) is -0.748. The van der Waals surface area contributed by atoms with Gasteiger partial charge in [-0.15, -0.1) is 0 Å². The highest BCUT2D eigenvalue weighted by molar-refractivity contribution is 7.98. The average molecular weight is 423 g/mol. The standard InChI is InChI=1S/C20H17F4N3OS/c1-29-19-26-12-17(27(19)16-8-6-15(21)7-9-16)18(28)25-11-10-13-2-4-14(5-3-13)20(22,23)24/h2-9,12H,10-11H2,1H3,(H,25,28). The number of hydrogen-bond acceptors (Lipinski definition) is 3. The van der Waals surface area contributed by atoms with Crippen LogP contribution in [0.3, 0.4) is 0 Å². The van der Waals surface area contributed by atoms with E-state index in [0.29, 0.717) is 22.8 Å². The van der Waals surface area contributed by atoms with Gasteiger partial charge in [0.2, 0.25) is 0 Å². The largest absolute Gasteiger partial charge is 0.416 e. The Bertz CT molecular complexity index is 982.